The molecule has 0 aliphatic carbocycles. The Balaban J connectivity index is 1.57. The van der Waals surface area contributed by atoms with Crippen LogP contribution in [0.15, 0.2) is 24.3 Å². The first-order chi connectivity index (χ1) is 10.6. The lowest BCUT2D eigenvalue weighted by Gasteiger charge is -2.38. The molecule has 2 aliphatic heterocycles. The summed E-state index contributed by atoms with van der Waals surface area (Å²) in [5.74, 6) is -0.305. The Hall–Kier alpha value is -1.79. The van der Waals surface area contributed by atoms with Gasteiger partial charge in [-0.15, -0.1) is 0 Å². The van der Waals surface area contributed by atoms with Gasteiger partial charge in [-0.3, -0.25) is 9.59 Å². The van der Waals surface area contributed by atoms with Gasteiger partial charge in [-0.2, -0.15) is 0 Å². The maximum absolute atomic E-state index is 12.4. The van der Waals surface area contributed by atoms with Gasteiger partial charge in [0, 0.05) is 36.9 Å². The van der Waals surface area contributed by atoms with E-state index in [1.165, 1.54) is 0 Å². The molecule has 0 saturated carbocycles. The van der Waals surface area contributed by atoms with Crippen molar-refractivity contribution in [1.29, 1.82) is 0 Å². The topological polar surface area (TPSA) is 61.9 Å². The number of halogens is 1. The summed E-state index contributed by atoms with van der Waals surface area (Å²) in [4.78, 5) is 27.7. The largest absolute Gasteiger partial charge is 0.369 e. The molecule has 1 unspecified atom stereocenters. The maximum Gasteiger partial charge on any atom is 0.247 e. The van der Waals surface area contributed by atoms with Crippen LogP contribution in [0, 0.1) is 0 Å². The molecule has 0 bridgehead atoms. The quantitative estimate of drug-likeness (QED) is 0.861. The number of benzene rings is 1. The first kappa shape index (κ1) is 15.1. The smallest absolute Gasteiger partial charge is 0.247 e. The van der Waals surface area contributed by atoms with Gasteiger partial charge < -0.3 is 19.9 Å². The standard InChI is InChI=1S/C15H18ClN3O3/c16-11-2-1-3-12(8-11)18-4-6-19(7-5-18)15(21)13-9-22-10-14(20)17-13/h1-3,8,13H,4-7,9-10H2,(H,17,20). The highest BCUT2D eigenvalue weighted by molar-refractivity contribution is 6.30. The van der Waals surface area contributed by atoms with Gasteiger partial charge in [-0.1, -0.05) is 17.7 Å². The predicted octanol–water partition coefficient (Wildman–Crippen LogP) is 0.504. The fraction of sp³-hybridized carbons (Fsp3) is 0.467. The maximum atomic E-state index is 12.4. The van der Waals surface area contributed by atoms with Crippen LogP contribution in [0.5, 0.6) is 0 Å². The van der Waals surface area contributed by atoms with Crippen LogP contribution in [-0.4, -0.2) is 62.1 Å². The third-order valence-electron chi connectivity index (χ3n) is 3.92. The van der Waals surface area contributed by atoms with Gasteiger partial charge in [0.25, 0.3) is 0 Å². The summed E-state index contributed by atoms with van der Waals surface area (Å²) in [6.45, 7) is 3.02. The number of rotatable bonds is 2. The van der Waals surface area contributed by atoms with E-state index in [4.69, 9.17) is 16.3 Å². The number of amides is 2. The predicted molar refractivity (Wildman–Crippen MR) is 83.0 cm³/mol. The molecule has 2 heterocycles. The second-order valence-electron chi connectivity index (χ2n) is 5.43. The van der Waals surface area contributed by atoms with Crippen LogP contribution >= 0.6 is 11.6 Å². The molecule has 0 radical (unpaired) electrons. The summed E-state index contributed by atoms with van der Waals surface area (Å²) < 4.78 is 5.13. The molecular weight excluding hydrogens is 306 g/mol. The van der Waals surface area contributed by atoms with Gasteiger partial charge in [0.05, 0.1) is 6.61 Å². The van der Waals surface area contributed by atoms with E-state index in [0.29, 0.717) is 18.1 Å². The van der Waals surface area contributed by atoms with Gasteiger partial charge >= 0.3 is 0 Å². The summed E-state index contributed by atoms with van der Waals surface area (Å²) in [6, 6.07) is 7.15. The number of ether oxygens (including phenoxy) is 1. The molecular formula is C15H18ClN3O3. The average Bonchev–Trinajstić information content (AvgIpc) is 2.54. The summed E-state index contributed by atoms with van der Waals surface area (Å²) >= 11 is 6.01. The molecule has 118 valence electrons. The van der Waals surface area contributed by atoms with Crippen LogP contribution in [0.25, 0.3) is 0 Å². The summed E-state index contributed by atoms with van der Waals surface area (Å²) in [5.41, 5.74) is 1.06. The van der Waals surface area contributed by atoms with E-state index >= 15 is 0 Å². The zero-order valence-electron chi connectivity index (χ0n) is 12.1. The third-order valence-corrected chi connectivity index (χ3v) is 4.15. The summed E-state index contributed by atoms with van der Waals surface area (Å²) in [7, 11) is 0. The Morgan fingerprint density at radius 1 is 1.27 bits per heavy atom. The summed E-state index contributed by atoms with van der Waals surface area (Å²) in [5, 5.41) is 3.38. The zero-order valence-corrected chi connectivity index (χ0v) is 12.9. The highest BCUT2D eigenvalue weighted by Gasteiger charge is 2.31. The summed E-state index contributed by atoms with van der Waals surface area (Å²) in [6.07, 6.45) is 0. The van der Waals surface area contributed by atoms with Crippen molar-refractivity contribution in [3.05, 3.63) is 29.3 Å². The van der Waals surface area contributed by atoms with E-state index in [1.54, 1.807) is 4.90 Å². The molecule has 3 rings (SSSR count). The molecule has 2 fully saturated rings. The highest BCUT2D eigenvalue weighted by Crippen LogP contribution is 2.21. The lowest BCUT2D eigenvalue weighted by molar-refractivity contribution is -0.144. The van der Waals surface area contributed by atoms with Crippen molar-refractivity contribution in [2.45, 2.75) is 6.04 Å². The fourth-order valence-corrected chi connectivity index (χ4v) is 2.94. The van der Waals surface area contributed by atoms with E-state index < -0.39 is 6.04 Å². The molecule has 7 heteroatoms. The highest BCUT2D eigenvalue weighted by atomic mass is 35.5. The van der Waals surface area contributed by atoms with Crippen molar-refractivity contribution < 1.29 is 14.3 Å². The lowest BCUT2D eigenvalue weighted by Crippen LogP contribution is -2.58. The molecule has 1 atom stereocenters. The van der Waals surface area contributed by atoms with Crippen LogP contribution in [0.1, 0.15) is 0 Å². The van der Waals surface area contributed by atoms with Crippen LogP contribution in [0.2, 0.25) is 5.02 Å². The van der Waals surface area contributed by atoms with Crippen molar-refractivity contribution >= 4 is 29.1 Å². The normalized spacial score (nSPS) is 22.4. The van der Waals surface area contributed by atoms with E-state index in [2.05, 4.69) is 10.2 Å². The Kier molecular flexibility index (Phi) is 4.49. The number of hydrogen-bond donors (Lipinski definition) is 1. The Morgan fingerprint density at radius 3 is 2.73 bits per heavy atom. The molecule has 1 aromatic carbocycles. The molecule has 0 aromatic heterocycles. The molecule has 1 N–H and O–H groups in total. The number of nitrogens with one attached hydrogen (secondary N) is 1. The number of carbonyl (C=O) groups excluding carboxylic acids is 2. The molecule has 0 spiro atoms. The van der Waals surface area contributed by atoms with E-state index in [9.17, 15) is 9.59 Å². The molecule has 2 amide bonds. The van der Waals surface area contributed by atoms with Crippen molar-refractivity contribution in [1.82, 2.24) is 10.2 Å². The monoisotopic (exact) mass is 323 g/mol. The second-order valence-corrected chi connectivity index (χ2v) is 5.86. The average molecular weight is 324 g/mol. The minimum absolute atomic E-state index is 0.0341. The van der Waals surface area contributed by atoms with Crippen molar-refractivity contribution in [3.8, 4) is 0 Å². The molecule has 1 aromatic rings. The lowest BCUT2D eigenvalue weighted by atomic mass is 10.2. The fourth-order valence-electron chi connectivity index (χ4n) is 2.76. The number of morpholine rings is 1. The van der Waals surface area contributed by atoms with Gasteiger partial charge in [-0.05, 0) is 18.2 Å². The van der Waals surface area contributed by atoms with Crippen molar-refractivity contribution in [3.63, 3.8) is 0 Å². The van der Waals surface area contributed by atoms with Crippen LogP contribution in [-0.2, 0) is 14.3 Å². The van der Waals surface area contributed by atoms with Crippen LogP contribution in [0.4, 0.5) is 5.69 Å². The molecule has 2 aliphatic rings. The number of piperazine rings is 1. The zero-order chi connectivity index (χ0) is 15.5. The first-order valence-electron chi connectivity index (χ1n) is 7.30. The van der Waals surface area contributed by atoms with Gasteiger partial charge in [-0.25, -0.2) is 0 Å². The SMILES string of the molecule is O=C1COCC(C(=O)N2CCN(c3cccc(Cl)c3)CC2)N1. The molecule has 6 nitrogen and oxygen atoms in total. The van der Waals surface area contributed by atoms with Crippen molar-refractivity contribution in [2.24, 2.45) is 0 Å². The Labute approximate surface area is 134 Å². The number of anilines is 1. The van der Waals surface area contributed by atoms with E-state index in [0.717, 1.165) is 18.8 Å². The molecule has 22 heavy (non-hydrogen) atoms. The van der Waals surface area contributed by atoms with Gasteiger partial charge in [0.15, 0.2) is 0 Å². The Morgan fingerprint density at radius 2 is 2.05 bits per heavy atom. The van der Waals surface area contributed by atoms with Crippen LogP contribution < -0.4 is 10.2 Å². The number of hydrogen-bond acceptors (Lipinski definition) is 4. The van der Waals surface area contributed by atoms with Gasteiger partial charge in [0.1, 0.15) is 12.6 Å². The van der Waals surface area contributed by atoms with Crippen LogP contribution in [0.3, 0.4) is 0 Å². The third kappa shape index (κ3) is 3.34. The molecule has 2 saturated heterocycles. The first-order valence-corrected chi connectivity index (χ1v) is 7.68. The minimum atomic E-state index is -0.557. The number of nitrogens with zero attached hydrogens (tertiary/aromatic N) is 2. The van der Waals surface area contributed by atoms with E-state index in [-0.39, 0.29) is 25.0 Å². The van der Waals surface area contributed by atoms with Crippen molar-refractivity contribution in [2.75, 3.05) is 44.3 Å². The Bertz CT molecular complexity index is 573. The van der Waals surface area contributed by atoms with E-state index in [1.807, 2.05) is 24.3 Å². The number of carbonyl (C=O) groups is 2. The van der Waals surface area contributed by atoms with Gasteiger partial charge in [0.2, 0.25) is 11.8 Å². The second kappa shape index (κ2) is 6.54. The minimum Gasteiger partial charge on any atom is -0.369 e.